The fourth-order valence-corrected chi connectivity index (χ4v) is 3.73. The van der Waals surface area contributed by atoms with Gasteiger partial charge in [-0.2, -0.15) is 0 Å². The average molecular weight is 288 g/mol. The van der Waals surface area contributed by atoms with Gasteiger partial charge in [0.2, 0.25) is 0 Å². The molecule has 1 aliphatic carbocycles. The van der Waals surface area contributed by atoms with Gasteiger partial charge in [-0.15, -0.1) is 0 Å². The van der Waals surface area contributed by atoms with E-state index in [0.29, 0.717) is 6.04 Å². The minimum atomic E-state index is 0.206. The lowest BCUT2D eigenvalue weighted by molar-refractivity contribution is 0.168. The predicted molar refractivity (Wildman–Crippen MR) is 91.3 cm³/mol. The zero-order valence-electron chi connectivity index (χ0n) is 13.9. The van der Waals surface area contributed by atoms with Crippen LogP contribution in [0.4, 0.5) is 0 Å². The molecule has 2 rings (SSSR count). The molecule has 0 aliphatic heterocycles. The maximum atomic E-state index is 6.32. The molecule has 118 valence electrons. The van der Waals surface area contributed by atoms with Gasteiger partial charge in [0.25, 0.3) is 0 Å². The van der Waals surface area contributed by atoms with Crippen molar-refractivity contribution in [3.8, 4) is 0 Å². The zero-order valence-corrected chi connectivity index (χ0v) is 13.9. The number of benzene rings is 1. The smallest absolute Gasteiger partial charge is 0.0206 e. The van der Waals surface area contributed by atoms with Gasteiger partial charge in [0.15, 0.2) is 0 Å². The standard InChI is InChI=1S/C19H32N2/c1-14(2)18-10-9-15(3)11-19(18)21-13-17(20)12-16-7-5-4-6-8-16/h4-8,14-15,17-19,21H,9-13,20H2,1-3H3/t15-,17-,18+,19+/m1/s1. The fraction of sp³-hybridized carbons (Fsp3) is 0.684. The first-order chi connectivity index (χ1) is 10.1. The maximum absolute atomic E-state index is 6.32. The van der Waals surface area contributed by atoms with Crippen LogP contribution in [-0.2, 0) is 6.42 Å². The van der Waals surface area contributed by atoms with Gasteiger partial charge >= 0.3 is 0 Å². The number of nitrogens with two attached hydrogens (primary N) is 1. The number of hydrogen-bond donors (Lipinski definition) is 2. The second-order valence-electron chi connectivity index (χ2n) is 7.29. The summed E-state index contributed by atoms with van der Waals surface area (Å²) >= 11 is 0. The molecule has 2 nitrogen and oxygen atoms in total. The Bertz CT molecular complexity index is 401. The molecule has 1 saturated carbocycles. The van der Waals surface area contributed by atoms with Gasteiger partial charge in [-0.25, -0.2) is 0 Å². The highest BCUT2D eigenvalue weighted by atomic mass is 14.9. The highest BCUT2D eigenvalue weighted by molar-refractivity contribution is 5.15. The van der Waals surface area contributed by atoms with Crippen LogP contribution in [0, 0.1) is 17.8 Å². The molecule has 1 fully saturated rings. The van der Waals surface area contributed by atoms with Crippen LogP contribution in [0.15, 0.2) is 30.3 Å². The summed E-state index contributed by atoms with van der Waals surface area (Å²) in [5, 5.41) is 3.78. The predicted octanol–water partition coefficient (Wildman–Crippen LogP) is 3.61. The topological polar surface area (TPSA) is 38.0 Å². The molecular formula is C19H32N2. The molecule has 2 heteroatoms. The van der Waals surface area contributed by atoms with Crippen LogP contribution >= 0.6 is 0 Å². The molecule has 1 aromatic rings. The van der Waals surface area contributed by atoms with E-state index in [2.05, 4.69) is 56.4 Å². The summed E-state index contributed by atoms with van der Waals surface area (Å²) in [6, 6.07) is 11.4. The molecule has 3 N–H and O–H groups in total. The molecule has 0 bridgehead atoms. The van der Waals surface area contributed by atoms with Crippen LogP contribution in [0.3, 0.4) is 0 Å². The van der Waals surface area contributed by atoms with Crippen molar-refractivity contribution in [2.45, 2.75) is 58.5 Å². The van der Waals surface area contributed by atoms with E-state index in [4.69, 9.17) is 5.73 Å². The van der Waals surface area contributed by atoms with Gasteiger partial charge in [-0.05, 0) is 42.6 Å². The van der Waals surface area contributed by atoms with Gasteiger partial charge in [-0.3, -0.25) is 0 Å². The van der Waals surface area contributed by atoms with Crippen LogP contribution in [0.5, 0.6) is 0 Å². The molecule has 0 amide bonds. The van der Waals surface area contributed by atoms with Crippen molar-refractivity contribution in [3.63, 3.8) is 0 Å². The lowest BCUT2D eigenvalue weighted by atomic mass is 9.74. The minimum Gasteiger partial charge on any atom is -0.326 e. The SMILES string of the molecule is CC(C)[C@@H]1CC[C@@H](C)C[C@@H]1NC[C@H](N)Cc1ccccc1. The molecule has 21 heavy (non-hydrogen) atoms. The second kappa shape index (κ2) is 7.95. The van der Waals surface area contributed by atoms with Gasteiger partial charge < -0.3 is 11.1 Å². The largest absolute Gasteiger partial charge is 0.326 e. The summed E-state index contributed by atoms with van der Waals surface area (Å²) < 4.78 is 0. The summed E-state index contributed by atoms with van der Waals surface area (Å²) in [6.07, 6.45) is 5.02. The molecule has 0 saturated heterocycles. The van der Waals surface area contributed by atoms with E-state index >= 15 is 0 Å². The minimum absolute atomic E-state index is 0.206. The van der Waals surface area contributed by atoms with Crippen molar-refractivity contribution in [2.75, 3.05) is 6.54 Å². The van der Waals surface area contributed by atoms with Crippen molar-refractivity contribution in [1.82, 2.24) is 5.32 Å². The van der Waals surface area contributed by atoms with Crippen LogP contribution < -0.4 is 11.1 Å². The summed E-state index contributed by atoms with van der Waals surface area (Å²) in [5.41, 5.74) is 7.65. The fourth-order valence-electron chi connectivity index (χ4n) is 3.73. The third kappa shape index (κ3) is 5.12. The molecule has 1 aliphatic rings. The van der Waals surface area contributed by atoms with E-state index in [9.17, 15) is 0 Å². The lowest BCUT2D eigenvalue weighted by Crippen LogP contribution is -2.47. The molecule has 4 atom stereocenters. The number of rotatable bonds is 6. The van der Waals surface area contributed by atoms with E-state index in [1.165, 1.54) is 24.8 Å². The molecule has 0 spiro atoms. The Morgan fingerprint density at radius 1 is 1.19 bits per heavy atom. The van der Waals surface area contributed by atoms with E-state index in [1.54, 1.807) is 0 Å². The van der Waals surface area contributed by atoms with Crippen molar-refractivity contribution in [2.24, 2.45) is 23.5 Å². The zero-order chi connectivity index (χ0) is 15.2. The van der Waals surface area contributed by atoms with E-state index < -0.39 is 0 Å². The Labute approximate surface area is 130 Å². The molecule has 0 radical (unpaired) electrons. The first-order valence-corrected chi connectivity index (χ1v) is 8.59. The van der Waals surface area contributed by atoms with Gasteiger partial charge in [0.05, 0.1) is 0 Å². The molecule has 1 aromatic carbocycles. The first-order valence-electron chi connectivity index (χ1n) is 8.59. The summed E-state index contributed by atoms with van der Waals surface area (Å²) in [4.78, 5) is 0. The molecule has 0 aromatic heterocycles. The number of nitrogens with one attached hydrogen (secondary N) is 1. The van der Waals surface area contributed by atoms with Crippen LogP contribution in [0.25, 0.3) is 0 Å². The van der Waals surface area contributed by atoms with Gasteiger partial charge in [0, 0.05) is 18.6 Å². The van der Waals surface area contributed by atoms with Crippen molar-refractivity contribution < 1.29 is 0 Å². The monoisotopic (exact) mass is 288 g/mol. The quantitative estimate of drug-likeness (QED) is 0.839. The van der Waals surface area contributed by atoms with Crippen molar-refractivity contribution in [1.29, 1.82) is 0 Å². The first kappa shape index (κ1) is 16.5. The Hall–Kier alpha value is -0.860. The van der Waals surface area contributed by atoms with Crippen LogP contribution in [-0.4, -0.2) is 18.6 Å². The Balaban J connectivity index is 1.82. The molecule has 0 unspecified atom stereocenters. The van der Waals surface area contributed by atoms with Gasteiger partial charge in [-0.1, -0.05) is 57.5 Å². The normalized spacial score (nSPS) is 27.8. The number of hydrogen-bond acceptors (Lipinski definition) is 2. The summed E-state index contributed by atoms with van der Waals surface area (Å²) in [6.45, 7) is 8.03. The maximum Gasteiger partial charge on any atom is 0.0206 e. The van der Waals surface area contributed by atoms with Crippen LogP contribution in [0.2, 0.25) is 0 Å². The third-order valence-electron chi connectivity index (χ3n) is 5.01. The second-order valence-corrected chi connectivity index (χ2v) is 7.29. The average Bonchev–Trinajstić information content (AvgIpc) is 2.46. The van der Waals surface area contributed by atoms with E-state index in [0.717, 1.165) is 30.7 Å². The van der Waals surface area contributed by atoms with E-state index in [-0.39, 0.29) is 6.04 Å². The summed E-state index contributed by atoms with van der Waals surface area (Å²) in [7, 11) is 0. The van der Waals surface area contributed by atoms with Crippen molar-refractivity contribution >= 4 is 0 Å². The lowest BCUT2D eigenvalue weighted by Gasteiger charge is -2.38. The Kier molecular flexibility index (Phi) is 6.25. The molecule has 0 heterocycles. The van der Waals surface area contributed by atoms with E-state index in [1.807, 2.05) is 0 Å². The van der Waals surface area contributed by atoms with Crippen molar-refractivity contribution in [3.05, 3.63) is 35.9 Å². The van der Waals surface area contributed by atoms with Gasteiger partial charge in [0.1, 0.15) is 0 Å². The highest BCUT2D eigenvalue weighted by Crippen LogP contribution is 2.33. The highest BCUT2D eigenvalue weighted by Gasteiger charge is 2.30. The third-order valence-corrected chi connectivity index (χ3v) is 5.01. The summed E-state index contributed by atoms with van der Waals surface area (Å²) in [5.74, 6) is 2.42. The Morgan fingerprint density at radius 3 is 2.57 bits per heavy atom. The Morgan fingerprint density at radius 2 is 1.90 bits per heavy atom. The van der Waals surface area contributed by atoms with Crippen LogP contribution in [0.1, 0.15) is 45.6 Å². The molecular weight excluding hydrogens is 256 g/mol.